The maximum absolute atomic E-state index is 13.6. The second kappa shape index (κ2) is 8.11. The first-order chi connectivity index (χ1) is 14.4. The number of carbonyl (C=O) groups excluding carboxylic acids is 2. The molecule has 0 radical (unpaired) electrons. The van der Waals surface area contributed by atoms with Gasteiger partial charge in [-0.2, -0.15) is 0 Å². The Morgan fingerprint density at radius 1 is 1.10 bits per heavy atom. The fraction of sp³-hybridized carbons (Fsp3) is 0.304. The van der Waals surface area contributed by atoms with Crippen LogP contribution in [0.5, 0.6) is 5.75 Å². The van der Waals surface area contributed by atoms with Crippen molar-refractivity contribution in [2.75, 3.05) is 25.1 Å². The van der Waals surface area contributed by atoms with Gasteiger partial charge in [0.1, 0.15) is 17.3 Å². The molecule has 0 bridgehead atoms. The van der Waals surface area contributed by atoms with Crippen LogP contribution in [-0.4, -0.2) is 36.9 Å². The Morgan fingerprint density at radius 3 is 2.50 bits per heavy atom. The van der Waals surface area contributed by atoms with E-state index in [1.807, 2.05) is 4.90 Å². The van der Waals surface area contributed by atoms with E-state index in [0.717, 1.165) is 17.7 Å². The molecule has 1 unspecified atom stereocenters. The highest BCUT2D eigenvalue weighted by atomic mass is 35.5. The Kier molecular flexibility index (Phi) is 5.52. The van der Waals surface area contributed by atoms with Crippen molar-refractivity contribution in [2.45, 2.75) is 19.8 Å². The number of piperidine rings is 1. The molecule has 0 aliphatic carbocycles. The summed E-state index contributed by atoms with van der Waals surface area (Å²) >= 11 is 6.15. The van der Waals surface area contributed by atoms with Gasteiger partial charge >= 0.3 is 0 Å². The molecular formula is C23H22ClFN2O3. The van der Waals surface area contributed by atoms with Gasteiger partial charge in [-0.1, -0.05) is 30.7 Å². The van der Waals surface area contributed by atoms with E-state index in [4.69, 9.17) is 16.3 Å². The van der Waals surface area contributed by atoms with E-state index in [2.05, 4.69) is 6.92 Å². The molecule has 7 heteroatoms. The number of carbonyl (C=O) groups is 2. The molecule has 156 valence electrons. The maximum atomic E-state index is 13.6. The van der Waals surface area contributed by atoms with Gasteiger partial charge in [0, 0.05) is 18.1 Å². The van der Waals surface area contributed by atoms with Crippen molar-refractivity contribution in [2.24, 2.45) is 5.92 Å². The molecular weight excluding hydrogens is 407 g/mol. The summed E-state index contributed by atoms with van der Waals surface area (Å²) < 4.78 is 18.9. The number of anilines is 1. The van der Waals surface area contributed by atoms with E-state index in [-0.39, 0.29) is 5.57 Å². The van der Waals surface area contributed by atoms with E-state index >= 15 is 0 Å². The molecule has 5 nitrogen and oxygen atoms in total. The van der Waals surface area contributed by atoms with Gasteiger partial charge in [0.2, 0.25) is 0 Å². The van der Waals surface area contributed by atoms with Gasteiger partial charge in [0.25, 0.3) is 11.8 Å². The van der Waals surface area contributed by atoms with Crippen LogP contribution >= 0.6 is 11.6 Å². The number of rotatable bonds is 4. The molecule has 0 aromatic heterocycles. The number of amides is 2. The van der Waals surface area contributed by atoms with Crippen LogP contribution in [0.25, 0.3) is 5.57 Å². The summed E-state index contributed by atoms with van der Waals surface area (Å²) in [6, 6.07) is 10.4. The Morgan fingerprint density at radius 2 is 1.83 bits per heavy atom. The van der Waals surface area contributed by atoms with Crippen molar-refractivity contribution >= 4 is 34.7 Å². The van der Waals surface area contributed by atoms with Gasteiger partial charge in [0.15, 0.2) is 0 Å². The summed E-state index contributed by atoms with van der Waals surface area (Å²) in [7, 11) is 1.47. The summed E-state index contributed by atoms with van der Waals surface area (Å²) in [5.74, 6) is -0.529. The van der Waals surface area contributed by atoms with E-state index in [1.54, 1.807) is 18.2 Å². The molecule has 0 spiro atoms. The molecule has 30 heavy (non-hydrogen) atoms. The number of methoxy groups -OCH3 is 1. The lowest BCUT2D eigenvalue weighted by Gasteiger charge is -2.33. The normalized spacial score (nSPS) is 19.7. The lowest BCUT2D eigenvalue weighted by Crippen LogP contribution is -2.39. The molecule has 1 saturated heterocycles. The second-order valence-electron chi connectivity index (χ2n) is 7.69. The molecule has 2 amide bonds. The molecule has 0 N–H and O–H groups in total. The number of hydrogen-bond acceptors (Lipinski definition) is 4. The zero-order valence-corrected chi connectivity index (χ0v) is 17.6. The third-order valence-electron chi connectivity index (χ3n) is 5.55. The maximum Gasteiger partial charge on any atom is 0.282 e. The molecule has 2 aliphatic heterocycles. The van der Waals surface area contributed by atoms with Crippen LogP contribution in [0.3, 0.4) is 0 Å². The Hall–Kier alpha value is -2.86. The topological polar surface area (TPSA) is 49.9 Å². The molecule has 1 atom stereocenters. The van der Waals surface area contributed by atoms with Crippen molar-refractivity contribution < 1.29 is 18.7 Å². The first-order valence-electron chi connectivity index (χ1n) is 9.88. The lowest BCUT2D eigenvalue weighted by molar-refractivity contribution is -0.120. The number of imide groups is 1. The Labute approximate surface area is 179 Å². The number of hydrogen-bond donors (Lipinski definition) is 0. The van der Waals surface area contributed by atoms with Crippen LogP contribution in [0.1, 0.15) is 25.3 Å². The fourth-order valence-corrected chi connectivity index (χ4v) is 4.30. The standard InChI is InChI=1S/C23H22ClFN2O3/c1-14-4-3-11-26(13-14)21-20(15-5-8-17(25)9-6-15)22(28)27(23(21)29)18-12-16(24)7-10-19(18)30-2/h5-10,12,14H,3-4,11,13H2,1-2H3. The largest absolute Gasteiger partial charge is 0.495 e. The molecule has 2 aromatic rings. The highest BCUT2D eigenvalue weighted by molar-refractivity contribution is 6.46. The average Bonchev–Trinajstić information content (AvgIpc) is 2.98. The van der Waals surface area contributed by atoms with Crippen molar-refractivity contribution in [1.29, 1.82) is 0 Å². The van der Waals surface area contributed by atoms with Gasteiger partial charge in [-0.05, 0) is 54.7 Å². The number of benzene rings is 2. The van der Waals surface area contributed by atoms with Crippen LogP contribution in [0, 0.1) is 11.7 Å². The summed E-state index contributed by atoms with van der Waals surface area (Å²) in [6.45, 7) is 3.49. The monoisotopic (exact) mass is 428 g/mol. The van der Waals surface area contributed by atoms with E-state index in [0.29, 0.717) is 46.7 Å². The van der Waals surface area contributed by atoms with E-state index in [9.17, 15) is 14.0 Å². The zero-order chi connectivity index (χ0) is 21.4. The van der Waals surface area contributed by atoms with Crippen molar-refractivity contribution in [3.63, 3.8) is 0 Å². The van der Waals surface area contributed by atoms with E-state index in [1.165, 1.54) is 31.4 Å². The van der Waals surface area contributed by atoms with Gasteiger partial charge in [-0.3, -0.25) is 9.59 Å². The summed E-state index contributed by atoms with van der Waals surface area (Å²) in [6.07, 6.45) is 2.01. The predicted octanol–water partition coefficient (Wildman–Crippen LogP) is 4.50. The number of nitrogens with zero attached hydrogens (tertiary/aromatic N) is 2. The first kappa shape index (κ1) is 20.4. The Balaban J connectivity index is 1.86. The van der Waals surface area contributed by atoms with Crippen LogP contribution in [0.4, 0.5) is 10.1 Å². The lowest BCUT2D eigenvalue weighted by atomic mass is 9.98. The zero-order valence-electron chi connectivity index (χ0n) is 16.8. The average molecular weight is 429 g/mol. The molecule has 2 heterocycles. The minimum Gasteiger partial charge on any atom is -0.495 e. The van der Waals surface area contributed by atoms with Crippen molar-refractivity contribution in [1.82, 2.24) is 4.90 Å². The highest BCUT2D eigenvalue weighted by Gasteiger charge is 2.44. The molecule has 2 aromatic carbocycles. The van der Waals surface area contributed by atoms with Gasteiger partial charge in [0.05, 0.1) is 18.4 Å². The summed E-state index contributed by atoms with van der Waals surface area (Å²) in [5, 5.41) is 0.384. The quantitative estimate of drug-likeness (QED) is 0.672. The molecule has 2 aliphatic rings. The Bertz CT molecular complexity index is 1040. The third-order valence-corrected chi connectivity index (χ3v) is 5.78. The predicted molar refractivity (Wildman–Crippen MR) is 114 cm³/mol. The van der Waals surface area contributed by atoms with Crippen LogP contribution in [-0.2, 0) is 9.59 Å². The minimum atomic E-state index is -0.472. The SMILES string of the molecule is COc1ccc(Cl)cc1N1C(=O)C(c2ccc(F)cc2)=C(N2CCCC(C)C2)C1=O. The first-order valence-corrected chi connectivity index (χ1v) is 10.3. The van der Waals surface area contributed by atoms with Crippen molar-refractivity contribution in [3.8, 4) is 5.75 Å². The second-order valence-corrected chi connectivity index (χ2v) is 8.12. The number of ether oxygens (including phenoxy) is 1. The minimum absolute atomic E-state index is 0.274. The van der Waals surface area contributed by atoms with Crippen LogP contribution < -0.4 is 9.64 Å². The van der Waals surface area contributed by atoms with Crippen molar-refractivity contribution in [3.05, 3.63) is 64.6 Å². The third kappa shape index (κ3) is 3.56. The van der Waals surface area contributed by atoms with Gasteiger partial charge in [-0.25, -0.2) is 9.29 Å². The number of likely N-dealkylation sites (tertiary alicyclic amines) is 1. The number of halogens is 2. The molecule has 0 saturated carbocycles. The summed E-state index contributed by atoms with van der Waals surface area (Å²) in [4.78, 5) is 30.2. The highest BCUT2D eigenvalue weighted by Crippen LogP contribution is 2.40. The molecule has 1 fully saturated rings. The molecule has 4 rings (SSSR count). The van der Waals surface area contributed by atoms with Crippen LogP contribution in [0.15, 0.2) is 48.2 Å². The van der Waals surface area contributed by atoms with Gasteiger partial charge < -0.3 is 9.64 Å². The summed E-state index contributed by atoms with van der Waals surface area (Å²) in [5.41, 5.74) is 1.42. The fourth-order valence-electron chi connectivity index (χ4n) is 4.14. The van der Waals surface area contributed by atoms with Crippen LogP contribution in [0.2, 0.25) is 5.02 Å². The smallest absolute Gasteiger partial charge is 0.282 e. The van der Waals surface area contributed by atoms with E-state index < -0.39 is 17.6 Å². The van der Waals surface area contributed by atoms with Gasteiger partial charge in [-0.15, -0.1) is 0 Å².